The van der Waals surface area contributed by atoms with Gasteiger partial charge in [0, 0.05) is 36.2 Å². The van der Waals surface area contributed by atoms with E-state index in [2.05, 4.69) is 15.6 Å². The quantitative estimate of drug-likeness (QED) is 0.739. The van der Waals surface area contributed by atoms with Crippen LogP contribution in [0.15, 0.2) is 24.4 Å². The third-order valence-corrected chi connectivity index (χ3v) is 4.65. The molecule has 1 fully saturated rings. The molecule has 0 radical (unpaired) electrons. The van der Waals surface area contributed by atoms with Gasteiger partial charge in [0.25, 0.3) is 5.91 Å². The number of benzene rings is 1. The fourth-order valence-corrected chi connectivity index (χ4v) is 3.36. The molecule has 1 amide bonds. The number of carbonyl (C=O) groups excluding carboxylic acids is 1. The summed E-state index contributed by atoms with van der Waals surface area (Å²) in [5, 5.41) is 7.96. The van der Waals surface area contributed by atoms with Gasteiger partial charge in [-0.1, -0.05) is 30.9 Å². The Kier molecular flexibility index (Phi) is 5.01. The summed E-state index contributed by atoms with van der Waals surface area (Å²) < 4.78 is 0. The molecule has 22 heavy (non-hydrogen) atoms. The van der Waals surface area contributed by atoms with Crippen LogP contribution in [0.1, 0.15) is 42.5 Å². The van der Waals surface area contributed by atoms with Crippen molar-refractivity contribution < 1.29 is 4.79 Å². The van der Waals surface area contributed by atoms with Crippen LogP contribution in [0.2, 0.25) is 5.02 Å². The van der Waals surface area contributed by atoms with Crippen molar-refractivity contribution in [3.05, 3.63) is 35.0 Å². The first-order valence-electron chi connectivity index (χ1n) is 8.02. The van der Waals surface area contributed by atoms with Crippen LogP contribution in [-0.2, 0) is 0 Å². The van der Waals surface area contributed by atoms with Gasteiger partial charge < -0.3 is 15.6 Å². The van der Waals surface area contributed by atoms with Crippen LogP contribution in [0.5, 0.6) is 0 Å². The lowest BCUT2D eigenvalue weighted by Crippen LogP contribution is -2.38. The SMILES string of the molecule is O=C(NCCNC1CCCCC1)c1cc2[nH]ccc2cc1Cl. The summed E-state index contributed by atoms with van der Waals surface area (Å²) in [6.45, 7) is 1.42. The van der Waals surface area contributed by atoms with E-state index >= 15 is 0 Å². The Morgan fingerprint density at radius 1 is 1.23 bits per heavy atom. The molecule has 0 unspecified atom stereocenters. The number of aromatic nitrogens is 1. The van der Waals surface area contributed by atoms with E-state index in [9.17, 15) is 4.79 Å². The second-order valence-electron chi connectivity index (χ2n) is 5.94. The Balaban J connectivity index is 1.51. The monoisotopic (exact) mass is 319 g/mol. The highest BCUT2D eigenvalue weighted by molar-refractivity contribution is 6.34. The molecule has 2 aromatic rings. The lowest BCUT2D eigenvalue weighted by atomic mass is 9.95. The van der Waals surface area contributed by atoms with Gasteiger partial charge >= 0.3 is 0 Å². The molecule has 0 spiro atoms. The molecule has 0 aliphatic heterocycles. The summed E-state index contributed by atoms with van der Waals surface area (Å²) in [7, 11) is 0. The molecule has 0 bridgehead atoms. The van der Waals surface area contributed by atoms with E-state index in [0.717, 1.165) is 17.4 Å². The second-order valence-corrected chi connectivity index (χ2v) is 6.35. The van der Waals surface area contributed by atoms with Crippen LogP contribution in [0.4, 0.5) is 0 Å². The number of rotatable bonds is 5. The molecule has 118 valence electrons. The standard InChI is InChI=1S/C17H22ClN3O/c18-15-10-12-6-7-20-16(12)11-14(15)17(22)21-9-8-19-13-4-2-1-3-5-13/h6-7,10-11,13,19-20H,1-5,8-9H2,(H,21,22). The minimum Gasteiger partial charge on any atom is -0.361 e. The third-order valence-electron chi connectivity index (χ3n) is 4.33. The Hall–Kier alpha value is -1.52. The minimum atomic E-state index is -0.119. The van der Waals surface area contributed by atoms with Crippen molar-refractivity contribution in [2.24, 2.45) is 0 Å². The Bertz CT molecular complexity index is 646. The maximum Gasteiger partial charge on any atom is 0.252 e. The highest BCUT2D eigenvalue weighted by Gasteiger charge is 2.14. The maximum atomic E-state index is 12.2. The van der Waals surface area contributed by atoms with Gasteiger partial charge in [0.2, 0.25) is 0 Å². The van der Waals surface area contributed by atoms with Gasteiger partial charge in [-0.25, -0.2) is 0 Å². The largest absolute Gasteiger partial charge is 0.361 e. The van der Waals surface area contributed by atoms with Crippen molar-refractivity contribution in [1.29, 1.82) is 0 Å². The number of carbonyl (C=O) groups is 1. The van der Waals surface area contributed by atoms with Crippen LogP contribution < -0.4 is 10.6 Å². The van der Waals surface area contributed by atoms with Crippen molar-refractivity contribution in [1.82, 2.24) is 15.6 Å². The van der Waals surface area contributed by atoms with E-state index in [-0.39, 0.29) is 5.91 Å². The average Bonchev–Trinajstić information content (AvgIpc) is 2.98. The minimum absolute atomic E-state index is 0.119. The molecular weight excluding hydrogens is 298 g/mol. The molecule has 3 rings (SSSR count). The molecule has 0 atom stereocenters. The molecule has 4 nitrogen and oxygen atoms in total. The lowest BCUT2D eigenvalue weighted by Gasteiger charge is -2.22. The van der Waals surface area contributed by atoms with Crippen LogP contribution in [0.3, 0.4) is 0 Å². The summed E-state index contributed by atoms with van der Waals surface area (Å²) in [6.07, 6.45) is 8.34. The maximum absolute atomic E-state index is 12.2. The zero-order valence-corrected chi connectivity index (χ0v) is 13.4. The highest BCUT2D eigenvalue weighted by Crippen LogP contribution is 2.23. The summed E-state index contributed by atoms with van der Waals surface area (Å²) >= 11 is 6.20. The predicted molar refractivity (Wildman–Crippen MR) is 90.5 cm³/mol. The normalized spacial score (nSPS) is 16.0. The first kappa shape index (κ1) is 15.4. The molecule has 1 aromatic carbocycles. The molecule has 1 aliphatic carbocycles. The lowest BCUT2D eigenvalue weighted by molar-refractivity contribution is 0.0953. The van der Waals surface area contributed by atoms with E-state index in [1.165, 1.54) is 32.1 Å². The number of amides is 1. The fraction of sp³-hybridized carbons (Fsp3) is 0.471. The van der Waals surface area contributed by atoms with Crippen LogP contribution in [0, 0.1) is 0 Å². The van der Waals surface area contributed by atoms with Gasteiger partial charge in [-0.2, -0.15) is 0 Å². The zero-order valence-electron chi connectivity index (χ0n) is 12.6. The van der Waals surface area contributed by atoms with Gasteiger partial charge in [0.15, 0.2) is 0 Å². The van der Waals surface area contributed by atoms with Crippen molar-refractivity contribution in [3.8, 4) is 0 Å². The van der Waals surface area contributed by atoms with Crippen molar-refractivity contribution >= 4 is 28.4 Å². The van der Waals surface area contributed by atoms with Crippen molar-refractivity contribution in [2.75, 3.05) is 13.1 Å². The van der Waals surface area contributed by atoms with Gasteiger partial charge in [-0.05, 0) is 31.0 Å². The van der Waals surface area contributed by atoms with Crippen molar-refractivity contribution in [3.63, 3.8) is 0 Å². The third kappa shape index (κ3) is 3.62. The molecule has 0 saturated heterocycles. The number of aromatic amines is 1. The summed E-state index contributed by atoms with van der Waals surface area (Å²) in [5.74, 6) is -0.119. The Labute approximate surface area is 135 Å². The van der Waals surface area contributed by atoms with Gasteiger partial charge in [-0.3, -0.25) is 4.79 Å². The van der Waals surface area contributed by atoms with Crippen LogP contribution >= 0.6 is 11.6 Å². The molecule has 1 heterocycles. The number of nitrogens with one attached hydrogen (secondary N) is 3. The highest BCUT2D eigenvalue weighted by atomic mass is 35.5. The predicted octanol–water partition coefficient (Wildman–Crippen LogP) is 3.47. The number of halogens is 1. The Morgan fingerprint density at radius 3 is 2.86 bits per heavy atom. The van der Waals surface area contributed by atoms with Crippen LogP contribution in [-0.4, -0.2) is 30.0 Å². The fourth-order valence-electron chi connectivity index (χ4n) is 3.10. The number of hydrogen-bond acceptors (Lipinski definition) is 2. The number of fused-ring (bicyclic) bond motifs is 1. The smallest absolute Gasteiger partial charge is 0.252 e. The van der Waals surface area contributed by atoms with E-state index in [1.54, 1.807) is 0 Å². The van der Waals surface area contributed by atoms with E-state index < -0.39 is 0 Å². The van der Waals surface area contributed by atoms with E-state index in [4.69, 9.17) is 11.6 Å². The topological polar surface area (TPSA) is 56.9 Å². The van der Waals surface area contributed by atoms with Gasteiger partial charge in [0.05, 0.1) is 10.6 Å². The van der Waals surface area contributed by atoms with E-state index in [0.29, 0.717) is 23.2 Å². The molecule has 1 saturated carbocycles. The molecule has 1 aromatic heterocycles. The van der Waals surface area contributed by atoms with Crippen molar-refractivity contribution in [2.45, 2.75) is 38.1 Å². The average molecular weight is 320 g/mol. The number of H-pyrrole nitrogens is 1. The molecule has 1 aliphatic rings. The summed E-state index contributed by atoms with van der Waals surface area (Å²) in [6, 6.07) is 6.19. The molecular formula is C17H22ClN3O. The summed E-state index contributed by atoms with van der Waals surface area (Å²) in [5.41, 5.74) is 1.45. The second kappa shape index (κ2) is 7.16. The van der Waals surface area contributed by atoms with Gasteiger partial charge in [-0.15, -0.1) is 0 Å². The molecule has 3 N–H and O–H groups in total. The zero-order chi connectivity index (χ0) is 15.4. The van der Waals surface area contributed by atoms with Crippen LogP contribution in [0.25, 0.3) is 10.9 Å². The first-order valence-corrected chi connectivity index (χ1v) is 8.40. The van der Waals surface area contributed by atoms with E-state index in [1.807, 2.05) is 24.4 Å². The molecule has 5 heteroatoms. The first-order chi connectivity index (χ1) is 10.7. The Morgan fingerprint density at radius 2 is 2.05 bits per heavy atom. The number of hydrogen-bond donors (Lipinski definition) is 3. The van der Waals surface area contributed by atoms with Gasteiger partial charge in [0.1, 0.15) is 0 Å². The summed E-state index contributed by atoms with van der Waals surface area (Å²) in [4.78, 5) is 15.3.